The number of ether oxygens (including phenoxy) is 1. The van der Waals surface area contributed by atoms with Gasteiger partial charge in [0.2, 0.25) is 0 Å². The van der Waals surface area contributed by atoms with Gasteiger partial charge in [0, 0.05) is 31.2 Å². The number of benzene rings is 1. The van der Waals surface area contributed by atoms with Crippen molar-refractivity contribution in [2.75, 3.05) is 19.7 Å². The Morgan fingerprint density at radius 2 is 2.05 bits per heavy atom. The summed E-state index contributed by atoms with van der Waals surface area (Å²) in [5.41, 5.74) is 0. The number of hydrogen-bond acceptors (Lipinski definition) is 3. The number of nitrogens with one attached hydrogen (secondary N) is 1. The molecule has 1 aromatic carbocycles. The average molecular weight is 292 g/mol. The van der Waals surface area contributed by atoms with Crippen molar-refractivity contribution >= 4 is 5.91 Å². The maximum absolute atomic E-state index is 13.0. The van der Waals surface area contributed by atoms with Crippen LogP contribution < -0.4 is 10.1 Å². The third-order valence-corrected chi connectivity index (χ3v) is 4.12. The van der Waals surface area contributed by atoms with Crippen LogP contribution in [-0.2, 0) is 4.79 Å². The quantitative estimate of drug-likeness (QED) is 0.902. The second-order valence-electron chi connectivity index (χ2n) is 5.85. The van der Waals surface area contributed by atoms with E-state index in [0.717, 1.165) is 32.0 Å². The molecule has 0 unspecified atom stereocenters. The molecule has 1 amide bonds. The molecular weight excluding hydrogens is 271 g/mol. The summed E-state index contributed by atoms with van der Waals surface area (Å²) in [4.78, 5) is 14.4. The fourth-order valence-corrected chi connectivity index (χ4v) is 2.82. The maximum atomic E-state index is 13.0. The number of halogens is 1. The van der Waals surface area contributed by atoms with Crippen molar-refractivity contribution in [2.45, 2.75) is 37.8 Å². The average Bonchev–Trinajstić information content (AvgIpc) is 3.31. The first-order chi connectivity index (χ1) is 10.2. The molecule has 5 heteroatoms. The lowest BCUT2D eigenvalue weighted by molar-refractivity contribution is -0.124. The van der Waals surface area contributed by atoms with Gasteiger partial charge in [-0.05, 0) is 37.8 Å². The first-order valence-corrected chi connectivity index (χ1v) is 7.62. The van der Waals surface area contributed by atoms with E-state index < -0.39 is 0 Å². The van der Waals surface area contributed by atoms with E-state index in [0.29, 0.717) is 5.75 Å². The number of amides is 1. The molecule has 2 aliphatic rings. The monoisotopic (exact) mass is 292 g/mol. The molecule has 1 N–H and O–H groups in total. The van der Waals surface area contributed by atoms with Crippen LogP contribution in [0.5, 0.6) is 5.75 Å². The van der Waals surface area contributed by atoms with Crippen molar-refractivity contribution in [3.63, 3.8) is 0 Å². The standard InChI is InChI=1S/C16H21FN2O2/c17-12-2-1-3-15(10-12)21-11-16(20)18-13-6-8-19(9-7-13)14-4-5-14/h1-3,10,13-14H,4-9,11H2,(H,18,20). The Labute approximate surface area is 124 Å². The zero-order valence-electron chi connectivity index (χ0n) is 12.1. The highest BCUT2D eigenvalue weighted by Gasteiger charge is 2.32. The van der Waals surface area contributed by atoms with Gasteiger partial charge in [-0.25, -0.2) is 4.39 Å². The van der Waals surface area contributed by atoms with Crippen LogP contribution >= 0.6 is 0 Å². The number of carbonyl (C=O) groups is 1. The molecule has 1 aromatic rings. The third kappa shape index (κ3) is 4.17. The molecule has 21 heavy (non-hydrogen) atoms. The van der Waals surface area contributed by atoms with E-state index in [9.17, 15) is 9.18 Å². The lowest BCUT2D eigenvalue weighted by atomic mass is 10.0. The Balaban J connectivity index is 1.38. The summed E-state index contributed by atoms with van der Waals surface area (Å²) < 4.78 is 18.3. The van der Waals surface area contributed by atoms with E-state index in [1.165, 1.54) is 25.0 Å². The molecule has 114 valence electrons. The van der Waals surface area contributed by atoms with Crippen molar-refractivity contribution in [1.29, 1.82) is 0 Å². The summed E-state index contributed by atoms with van der Waals surface area (Å²) in [6.07, 6.45) is 4.67. The predicted molar refractivity (Wildman–Crippen MR) is 77.7 cm³/mol. The first-order valence-electron chi connectivity index (χ1n) is 7.62. The van der Waals surface area contributed by atoms with E-state index in [-0.39, 0.29) is 24.4 Å². The number of carbonyl (C=O) groups excluding carboxylic acids is 1. The highest BCUT2D eigenvalue weighted by molar-refractivity contribution is 5.77. The van der Waals surface area contributed by atoms with Crippen LogP contribution in [-0.4, -0.2) is 42.6 Å². The van der Waals surface area contributed by atoms with Gasteiger partial charge in [-0.3, -0.25) is 4.79 Å². The van der Waals surface area contributed by atoms with Crippen LogP contribution in [0, 0.1) is 5.82 Å². The van der Waals surface area contributed by atoms with E-state index >= 15 is 0 Å². The van der Waals surface area contributed by atoms with Crippen LogP contribution in [0.4, 0.5) is 4.39 Å². The smallest absolute Gasteiger partial charge is 0.258 e. The molecule has 1 aliphatic carbocycles. The Hall–Kier alpha value is -1.62. The van der Waals surface area contributed by atoms with Crippen LogP contribution in [0.2, 0.25) is 0 Å². The van der Waals surface area contributed by atoms with Gasteiger partial charge in [-0.15, -0.1) is 0 Å². The van der Waals surface area contributed by atoms with Gasteiger partial charge in [-0.2, -0.15) is 0 Å². The SMILES string of the molecule is O=C(COc1cccc(F)c1)NC1CCN(C2CC2)CC1. The second-order valence-corrected chi connectivity index (χ2v) is 5.85. The van der Waals surface area contributed by atoms with Gasteiger partial charge >= 0.3 is 0 Å². The number of piperidine rings is 1. The molecule has 1 aliphatic heterocycles. The molecule has 0 bridgehead atoms. The van der Waals surface area contributed by atoms with Crippen molar-refractivity contribution in [2.24, 2.45) is 0 Å². The van der Waals surface area contributed by atoms with E-state index in [1.807, 2.05) is 0 Å². The third-order valence-electron chi connectivity index (χ3n) is 4.12. The van der Waals surface area contributed by atoms with Gasteiger partial charge in [0.25, 0.3) is 5.91 Å². The summed E-state index contributed by atoms with van der Waals surface area (Å²) in [6.45, 7) is 2.08. The maximum Gasteiger partial charge on any atom is 0.258 e. The zero-order valence-corrected chi connectivity index (χ0v) is 12.1. The van der Waals surface area contributed by atoms with Crippen LogP contribution in [0.3, 0.4) is 0 Å². The summed E-state index contributed by atoms with van der Waals surface area (Å²) in [6, 6.07) is 6.88. The highest BCUT2D eigenvalue weighted by Crippen LogP contribution is 2.29. The molecular formula is C16H21FN2O2. The molecule has 1 saturated heterocycles. The Kier molecular flexibility index (Phi) is 4.39. The summed E-state index contributed by atoms with van der Waals surface area (Å²) >= 11 is 0. The molecule has 0 radical (unpaired) electrons. The van der Waals surface area contributed by atoms with Gasteiger partial charge in [-0.1, -0.05) is 6.07 Å². The predicted octanol–water partition coefficient (Wildman–Crippen LogP) is 1.95. The molecule has 1 heterocycles. The van der Waals surface area contributed by atoms with Gasteiger partial charge in [0.05, 0.1) is 0 Å². The molecule has 2 fully saturated rings. The minimum atomic E-state index is -0.361. The Morgan fingerprint density at radius 1 is 1.29 bits per heavy atom. The fraction of sp³-hybridized carbons (Fsp3) is 0.562. The van der Waals surface area contributed by atoms with Crippen molar-refractivity contribution in [1.82, 2.24) is 10.2 Å². The molecule has 0 spiro atoms. The summed E-state index contributed by atoms with van der Waals surface area (Å²) in [7, 11) is 0. The summed E-state index contributed by atoms with van der Waals surface area (Å²) in [5, 5.41) is 3.00. The zero-order chi connectivity index (χ0) is 14.7. The second kappa shape index (κ2) is 6.43. The number of rotatable bonds is 5. The van der Waals surface area contributed by atoms with Crippen molar-refractivity contribution in [3.8, 4) is 5.75 Å². The Morgan fingerprint density at radius 3 is 2.71 bits per heavy atom. The largest absolute Gasteiger partial charge is 0.484 e. The van der Waals surface area contributed by atoms with E-state index in [1.54, 1.807) is 12.1 Å². The molecule has 3 rings (SSSR count). The lowest BCUT2D eigenvalue weighted by Crippen LogP contribution is -2.46. The summed E-state index contributed by atoms with van der Waals surface area (Å²) in [5.74, 6) is -0.113. The molecule has 0 atom stereocenters. The van der Waals surface area contributed by atoms with Gasteiger partial charge in [0.15, 0.2) is 6.61 Å². The fourth-order valence-electron chi connectivity index (χ4n) is 2.82. The van der Waals surface area contributed by atoms with E-state index in [4.69, 9.17) is 4.74 Å². The molecule has 0 aromatic heterocycles. The topological polar surface area (TPSA) is 41.6 Å². The van der Waals surface area contributed by atoms with Crippen LogP contribution in [0.1, 0.15) is 25.7 Å². The van der Waals surface area contributed by atoms with Crippen LogP contribution in [0.15, 0.2) is 24.3 Å². The lowest BCUT2D eigenvalue weighted by Gasteiger charge is -2.32. The van der Waals surface area contributed by atoms with Gasteiger partial charge < -0.3 is 15.0 Å². The molecule has 1 saturated carbocycles. The highest BCUT2D eigenvalue weighted by atomic mass is 19.1. The van der Waals surface area contributed by atoms with Crippen molar-refractivity contribution < 1.29 is 13.9 Å². The van der Waals surface area contributed by atoms with Gasteiger partial charge in [0.1, 0.15) is 11.6 Å². The number of nitrogens with zero attached hydrogens (tertiary/aromatic N) is 1. The normalized spacial score (nSPS) is 20.2. The molecule has 4 nitrogen and oxygen atoms in total. The minimum Gasteiger partial charge on any atom is -0.484 e. The number of hydrogen-bond donors (Lipinski definition) is 1. The number of likely N-dealkylation sites (tertiary alicyclic amines) is 1. The van der Waals surface area contributed by atoms with Crippen molar-refractivity contribution in [3.05, 3.63) is 30.1 Å². The minimum absolute atomic E-state index is 0.0632. The first kappa shape index (κ1) is 14.3. The van der Waals surface area contributed by atoms with E-state index in [2.05, 4.69) is 10.2 Å². The Bertz CT molecular complexity index is 497. The van der Waals surface area contributed by atoms with Crippen LogP contribution in [0.25, 0.3) is 0 Å².